The summed E-state index contributed by atoms with van der Waals surface area (Å²) in [6, 6.07) is 33.9. The largest absolute Gasteiger partial charge is 0.453 e. The van der Waals surface area contributed by atoms with Crippen molar-refractivity contribution in [1.82, 2.24) is 9.97 Å². The van der Waals surface area contributed by atoms with Gasteiger partial charge >= 0.3 is 0 Å². The highest BCUT2D eigenvalue weighted by molar-refractivity contribution is 7.15. The summed E-state index contributed by atoms with van der Waals surface area (Å²) < 4.78 is 12.7. The normalized spacial score (nSPS) is 28.1. The Labute approximate surface area is 350 Å². The lowest BCUT2D eigenvalue weighted by atomic mass is 9.83. The summed E-state index contributed by atoms with van der Waals surface area (Å²) in [4.78, 5) is 18.8. The molecular weight excluding hydrogens is 745 g/mol. The second-order valence-electron chi connectivity index (χ2n) is 17.8. The smallest absolute Gasteiger partial charge is 0.151 e. The maximum absolute atomic E-state index is 6.37. The van der Waals surface area contributed by atoms with E-state index in [4.69, 9.17) is 26.0 Å². The topological polar surface area (TPSA) is 50.7 Å². The first-order valence-corrected chi connectivity index (χ1v) is 22.3. The number of allylic oxidation sites excluding steroid dienone is 4. The molecule has 0 amide bonds. The number of rotatable bonds is 7. The predicted octanol–water partition coefficient (Wildman–Crippen LogP) is 14.3. The standard InChI is InChI=1S/C52H48N4O2S/c1-6-33(55-36-16-8-12-20-40(36)57-41-21-13-9-17-37(41)55)27-24-31(3)47-45-46(53-44-35-30-52(35)50(4,7-2)51(52,5)49(44)54-45)48(59-47)32-25-28-34(29-26-32)56-38-18-10-14-22-42(38)58-43-23-15-11-19-39(43)56/h6,8-24,27,32,34-35H,3,7,25-26,28-30H2,1-2,4-5H3/b27-24-,33-6+. The van der Waals surface area contributed by atoms with Gasteiger partial charge in [0.05, 0.1) is 39.0 Å². The van der Waals surface area contributed by atoms with Crippen LogP contribution in [0, 0.1) is 10.8 Å². The summed E-state index contributed by atoms with van der Waals surface area (Å²) in [5.41, 5.74) is 11.8. The van der Waals surface area contributed by atoms with Crippen LogP contribution in [0.1, 0.15) is 99.2 Å². The van der Waals surface area contributed by atoms with Gasteiger partial charge in [-0.2, -0.15) is 0 Å². The molecule has 0 saturated heterocycles. The number of nitrogens with zero attached hydrogens (tertiary/aromatic N) is 4. The average molecular weight is 793 g/mol. The van der Waals surface area contributed by atoms with Gasteiger partial charge < -0.3 is 19.3 Å². The van der Waals surface area contributed by atoms with Gasteiger partial charge in [0.15, 0.2) is 23.0 Å². The van der Waals surface area contributed by atoms with Crippen molar-refractivity contribution in [2.24, 2.45) is 10.8 Å². The number of thiophene rings is 1. The lowest BCUT2D eigenvalue weighted by Gasteiger charge is -2.41. The molecule has 4 aromatic carbocycles. The molecule has 0 radical (unpaired) electrons. The molecule has 59 heavy (non-hydrogen) atoms. The number of ether oxygens (including phenoxy) is 2. The van der Waals surface area contributed by atoms with E-state index < -0.39 is 0 Å². The zero-order chi connectivity index (χ0) is 39.8. The minimum Gasteiger partial charge on any atom is -0.453 e. The van der Waals surface area contributed by atoms with Crippen LogP contribution in [0.15, 0.2) is 128 Å². The van der Waals surface area contributed by atoms with Crippen molar-refractivity contribution in [1.29, 1.82) is 0 Å². The molecule has 6 aromatic rings. The van der Waals surface area contributed by atoms with Gasteiger partial charge in [0.25, 0.3) is 0 Å². The number of hydrogen-bond acceptors (Lipinski definition) is 7. The van der Waals surface area contributed by atoms with Crippen LogP contribution in [0.2, 0.25) is 0 Å². The molecule has 7 heteroatoms. The second-order valence-corrected chi connectivity index (χ2v) is 18.9. The average Bonchev–Trinajstić information content (AvgIpc) is 4.03. The van der Waals surface area contributed by atoms with Crippen LogP contribution in [-0.2, 0) is 5.41 Å². The molecule has 4 atom stereocenters. The van der Waals surface area contributed by atoms with Crippen LogP contribution in [0.5, 0.6) is 23.0 Å². The minimum absolute atomic E-state index is 0.0878. The zero-order valence-corrected chi connectivity index (χ0v) is 35.0. The van der Waals surface area contributed by atoms with E-state index in [1.165, 1.54) is 29.1 Å². The van der Waals surface area contributed by atoms with Gasteiger partial charge in [-0.3, -0.25) is 0 Å². The van der Waals surface area contributed by atoms with Gasteiger partial charge in [-0.15, -0.1) is 11.3 Å². The van der Waals surface area contributed by atoms with Gasteiger partial charge in [0, 0.05) is 27.9 Å². The third-order valence-corrected chi connectivity index (χ3v) is 17.0. The highest BCUT2D eigenvalue weighted by Crippen LogP contribution is 2.98. The second kappa shape index (κ2) is 12.4. The van der Waals surface area contributed by atoms with Crippen LogP contribution in [0.4, 0.5) is 22.7 Å². The van der Waals surface area contributed by atoms with Crippen molar-refractivity contribution in [3.8, 4) is 23.0 Å². The summed E-state index contributed by atoms with van der Waals surface area (Å²) in [6.07, 6.45) is 13.4. The van der Waals surface area contributed by atoms with E-state index in [-0.39, 0.29) is 10.8 Å². The Morgan fingerprint density at radius 3 is 1.90 bits per heavy atom. The first-order chi connectivity index (χ1) is 28.8. The fraction of sp³-hybridized carbons (Fsp3) is 0.308. The molecule has 294 valence electrons. The number of aromatic nitrogens is 2. The van der Waals surface area contributed by atoms with Crippen molar-refractivity contribution >= 4 is 50.7 Å². The quantitative estimate of drug-likeness (QED) is 0.150. The molecule has 4 aliphatic carbocycles. The van der Waals surface area contributed by atoms with E-state index in [1.54, 1.807) is 0 Å². The Balaban J connectivity index is 0.908. The number of anilines is 4. The highest BCUT2D eigenvalue weighted by Gasteiger charge is 2.95. The molecule has 0 N–H and O–H groups in total. The third kappa shape index (κ3) is 4.57. The Morgan fingerprint density at radius 1 is 0.763 bits per heavy atom. The SMILES string of the molecule is C=C(/C=C\C(=C/C)N1c2ccccc2Oc2ccccc21)c1sc(C2CCC(N3c4ccccc4Oc4ccccc43)CC2)c2nc3c(nc12)C1(C)C(C)(CC)C12CC32. The molecule has 12 rings (SSSR count). The lowest BCUT2D eigenvalue weighted by Crippen LogP contribution is -2.36. The van der Waals surface area contributed by atoms with Gasteiger partial charge in [0.2, 0.25) is 0 Å². The van der Waals surface area contributed by atoms with Crippen LogP contribution in [0.3, 0.4) is 0 Å². The van der Waals surface area contributed by atoms with Crippen molar-refractivity contribution in [2.75, 3.05) is 9.80 Å². The summed E-state index contributed by atoms with van der Waals surface area (Å²) in [6.45, 7) is 14.2. The molecule has 3 fully saturated rings. The van der Waals surface area contributed by atoms with Crippen LogP contribution in [0.25, 0.3) is 16.6 Å². The molecule has 6 nitrogen and oxygen atoms in total. The van der Waals surface area contributed by atoms with Crippen LogP contribution in [-0.4, -0.2) is 16.0 Å². The summed E-state index contributed by atoms with van der Waals surface area (Å²) in [5, 5.41) is 0. The fourth-order valence-electron chi connectivity index (χ4n) is 12.4. The Bertz CT molecular complexity index is 2740. The maximum atomic E-state index is 6.37. The van der Waals surface area contributed by atoms with E-state index >= 15 is 0 Å². The molecule has 6 aliphatic rings. The van der Waals surface area contributed by atoms with E-state index in [1.807, 2.05) is 35.6 Å². The van der Waals surface area contributed by atoms with E-state index in [2.05, 4.69) is 129 Å². The van der Waals surface area contributed by atoms with E-state index in [9.17, 15) is 0 Å². The van der Waals surface area contributed by atoms with E-state index in [0.29, 0.717) is 23.3 Å². The zero-order valence-electron chi connectivity index (χ0n) is 34.2. The number of para-hydroxylation sites is 8. The van der Waals surface area contributed by atoms with Crippen LogP contribution < -0.4 is 19.3 Å². The van der Waals surface area contributed by atoms with Gasteiger partial charge in [0.1, 0.15) is 11.0 Å². The Hall–Kier alpha value is -5.66. The van der Waals surface area contributed by atoms with Crippen molar-refractivity contribution < 1.29 is 9.47 Å². The van der Waals surface area contributed by atoms with Crippen molar-refractivity contribution in [3.05, 3.63) is 149 Å². The number of hydrogen-bond donors (Lipinski definition) is 0. The van der Waals surface area contributed by atoms with Crippen molar-refractivity contribution in [2.45, 2.75) is 89.5 Å². The lowest BCUT2D eigenvalue weighted by molar-refractivity contribution is 0.385. The summed E-state index contributed by atoms with van der Waals surface area (Å²) >= 11 is 1.90. The van der Waals surface area contributed by atoms with Crippen LogP contribution >= 0.6 is 11.3 Å². The monoisotopic (exact) mass is 792 g/mol. The van der Waals surface area contributed by atoms with Gasteiger partial charge in [-0.1, -0.05) is 88.0 Å². The highest BCUT2D eigenvalue weighted by atomic mass is 32.1. The fourth-order valence-corrected chi connectivity index (χ4v) is 13.7. The van der Waals surface area contributed by atoms with E-state index in [0.717, 1.165) is 98.6 Å². The molecule has 4 unspecified atom stereocenters. The molecule has 1 spiro atoms. The molecular formula is C52H48N4O2S. The Morgan fingerprint density at radius 2 is 1.32 bits per heavy atom. The minimum atomic E-state index is 0.0878. The maximum Gasteiger partial charge on any atom is 0.151 e. The van der Waals surface area contributed by atoms with Crippen molar-refractivity contribution in [3.63, 3.8) is 0 Å². The molecule has 4 heterocycles. The summed E-state index contributed by atoms with van der Waals surface area (Å²) in [7, 11) is 0. The molecule has 2 aromatic heterocycles. The Kier molecular flexibility index (Phi) is 7.44. The summed E-state index contributed by atoms with van der Waals surface area (Å²) in [5.74, 6) is 4.51. The number of benzene rings is 4. The molecule has 3 saturated carbocycles. The third-order valence-electron chi connectivity index (χ3n) is 15.6. The molecule has 2 aliphatic heterocycles. The molecule has 0 bridgehead atoms. The first kappa shape index (κ1) is 35.3. The van der Waals surface area contributed by atoms with Gasteiger partial charge in [-0.25, -0.2) is 9.97 Å². The van der Waals surface area contributed by atoms with Gasteiger partial charge in [-0.05, 0) is 122 Å². The predicted molar refractivity (Wildman–Crippen MR) is 240 cm³/mol. The number of fused-ring (bicyclic) bond motifs is 8. The first-order valence-electron chi connectivity index (χ1n) is 21.5.